The summed E-state index contributed by atoms with van der Waals surface area (Å²) in [4.78, 5) is 2.30. The van der Waals surface area contributed by atoms with Gasteiger partial charge in [-0.05, 0) is 60.8 Å². The van der Waals surface area contributed by atoms with Crippen LogP contribution in [0, 0.1) is 3.57 Å². The Labute approximate surface area is 123 Å². The zero-order valence-corrected chi connectivity index (χ0v) is 13.5. The van der Waals surface area contributed by atoms with Gasteiger partial charge in [0.1, 0.15) is 0 Å². The summed E-state index contributed by atoms with van der Waals surface area (Å²) in [6, 6.07) is 6.70. The highest BCUT2D eigenvalue weighted by Gasteiger charge is 2.05. The van der Waals surface area contributed by atoms with Crippen LogP contribution in [0.1, 0.15) is 19.4 Å². The minimum Gasteiger partial charge on any atom is -0.309 e. The molecule has 0 bridgehead atoms. The average Bonchev–Trinajstić information content (AvgIpc) is 2.30. The number of hydrogen-bond donors (Lipinski definition) is 1. The maximum absolute atomic E-state index is 6.09. The van der Waals surface area contributed by atoms with Gasteiger partial charge in [0.2, 0.25) is 0 Å². The van der Waals surface area contributed by atoms with Gasteiger partial charge in [-0.2, -0.15) is 0 Å². The van der Waals surface area contributed by atoms with E-state index in [-0.39, 0.29) is 0 Å². The van der Waals surface area contributed by atoms with Crippen molar-refractivity contribution < 1.29 is 0 Å². The Morgan fingerprint density at radius 3 is 2.76 bits per heavy atom. The largest absolute Gasteiger partial charge is 0.309 e. The van der Waals surface area contributed by atoms with Crippen LogP contribution in [0.5, 0.6) is 0 Å². The van der Waals surface area contributed by atoms with Crippen LogP contribution >= 0.6 is 34.2 Å². The second-order valence-electron chi connectivity index (χ2n) is 4.39. The molecule has 0 aromatic heterocycles. The number of nitrogens with one attached hydrogen (secondary N) is 1. The zero-order valence-electron chi connectivity index (χ0n) is 10.6. The normalized spacial score (nSPS) is 13.1. The maximum atomic E-state index is 6.09. The highest BCUT2D eigenvalue weighted by Crippen LogP contribution is 2.19. The Morgan fingerprint density at radius 2 is 2.18 bits per heavy atom. The molecule has 1 unspecified atom stereocenters. The lowest BCUT2D eigenvalue weighted by atomic mass is 10.2. The molecule has 0 saturated carbocycles. The summed E-state index contributed by atoms with van der Waals surface area (Å²) in [5.74, 6) is 0. The number of halogens is 2. The number of rotatable bonds is 6. The first kappa shape index (κ1) is 15.2. The van der Waals surface area contributed by atoms with E-state index in [4.69, 9.17) is 11.6 Å². The first-order chi connectivity index (χ1) is 8.02. The molecule has 2 nitrogen and oxygen atoms in total. The van der Waals surface area contributed by atoms with E-state index in [2.05, 4.69) is 65.8 Å². The molecule has 0 radical (unpaired) electrons. The topological polar surface area (TPSA) is 15.3 Å². The molecule has 0 saturated heterocycles. The van der Waals surface area contributed by atoms with Crippen LogP contribution in [0.25, 0.3) is 0 Å². The highest BCUT2D eigenvalue weighted by molar-refractivity contribution is 14.1. The summed E-state index contributed by atoms with van der Waals surface area (Å²) in [5.41, 5.74) is 1.24. The lowest BCUT2D eigenvalue weighted by molar-refractivity contribution is 0.309. The molecule has 0 fully saturated rings. The van der Waals surface area contributed by atoms with Crippen molar-refractivity contribution in [2.24, 2.45) is 0 Å². The molecule has 1 aromatic carbocycles. The van der Waals surface area contributed by atoms with E-state index in [9.17, 15) is 0 Å². The molecule has 0 aliphatic rings. The number of likely N-dealkylation sites (N-methyl/N-ethyl adjacent to an activating group) is 1. The van der Waals surface area contributed by atoms with Crippen LogP contribution in [0.15, 0.2) is 18.2 Å². The fourth-order valence-corrected chi connectivity index (χ4v) is 2.14. The molecule has 1 aromatic rings. The van der Waals surface area contributed by atoms with Crippen LogP contribution in [0.2, 0.25) is 5.02 Å². The second-order valence-corrected chi connectivity index (χ2v) is 5.95. The molecule has 0 aliphatic carbocycles. The Morgan fingerprint density at radius 1 is 1.47 bits per heavy atom. The van der Waals surface area contributed by atoms with Gasteiger partial charge in [0, 0.05) is 22.7 Å². The second kappa shape index (κ2) is 7.56. The van der Waals surface area contributed by atoms with Gasteiger partial charge in [-0.15, -0.1) is 0 Å². The van der Waals surface area contributed by atoms with Crippen molar-refractivity contribution in [2.75, 3.05) is 20.1 Å². The van der Waals surface area contributed by atoms with Crippen LogP contribution in [0.4, 0.5) is 0 Å². The highest BCUT2D eigenvalue weighted by atomic mass is 127. The molecule has 4 heteroatoms. The Bertz CT molecular complexity index is 357. The predicted octanol–water partition coefficient (Wildman–Crippen LogP) is 3.37. The lowest BCUT2D eigenvalue weighted by Crippen LogP contribution is -2.36. The van der Waals surface area contributed by atoms with Gasteiger partial charge in [-0.1, -0.05) is 24.6 Å². The van der Waals surface area contributed by atoms with Crippen molar-refractivity contribution in [1.29, 1.82) is 0 Å². The Kier molecular flexibility index (Phi) is 6.77. The van der Waals surface area contributed by atoms with E-state index < -0.39 is 0 Å². The zero-order chi connectivity index (χ0) is 12.8. The van der Waals surface area contributed by atoms with Crippen molar-refractivity contribution in [3.63, 3.8) is 0 Å². The standard InChI is InChI=1S/C13H20ClIN2/c1-4-17(3)9-10(2)16-8-11-5-6-13(15)12(14)7-11/h5-7,10,16H,4,8-9H2,1-3H3. The Hall–Kier alpha value is 0.160. The van der Waals surface area contributed by atoms with Crippen molar-refractivity contribution in [3.05, 3.63) is 32.4 Å². The minimum absolute atomic E-state index is 0.484. The van der Waals surface area contributed by atoms with Gasteiger partial charge in [0.15, 0.2) is 0 Å². The molecule has 0 heterocycles. The molecule has 96 valence electrons. The van der Waals surface area contributed by atoms with Gasteiger partial charge < -0.3 is 10.2 Å². The fourth-order valence-electron chi connectivity index (χ4n) is 1.60. The lowest BCUT2D eigenvalue weighted by Gasteiger charge is -2.20. The van der Waals surface area contributed by atoms with Gasteiger partial charge in [-0.25, -0.2) is 0 Å². The van der Waals surface area contributed by atoms with E-state index in [0.717, 1.165) is 28.2 Å². The van der Waals surface area contributed by atoms with Crippen LogP contribution in [-0.2, 0) is 6.54 Å². The average molecular weight is 367 g/mol. The monoisotopic (exact) mass is 366 g/mol. The molecule has 1 N–H and O–H groups in total. The summed E-state index contributed by atoms with van der Waals surface area (Å²) in [5, 5.41) is 4.34. The maximum Gasteiger partial charge on any atom is 0.0542 e. The number of hydrogen-bond acceptors (Lipinski definition) is 2. The molecular formula is C13H20ClIN2. The van der Waals surface area contributed by atoms with E-state index in [1.807, 2.05) is 6.07 Å². The molecular weight excluding hydrogens is 347 g/mol. The van der Waals surface area contributed by atoms with Gasteiger partial charge in [0.05, 0.1) is 5.02 Å². The minimum atomic E-state index is 0.484. The molecule has 1 rings (SSSR count). The first-order valence-electron chi connectivity index (χ1n) is 5.88. The van der Waals surface area contributed by atoms with Crippen molar-refractivity contribution in [3.8, 4) is 0 Å². The van der Waals surface area contributed by atoms with E-state index in [0.29, 0.717) is 6.04 Å². The molecule has 0 aliphatic heterocycles. The molecule has 17 heavy (non-hydrogen) atoms. The Balaban J connectivity index is 2.42. The smallest absolute Gasteiger partial charge is 0.0542 e. The van der Waals surface area contributed by atoms with Crippen molar-refractivity contribution >= 4 is 34.2 Å². The molecule has 1 atom stereocenters. The number of benzene rings is 1. The summed E-state index contributed by atoms with van der Waals surface area (Å²) in [6.45, 7) is 7.40. The van der Waals surface area contributed by atoms with Crippen molar-refractivity contribution in [1.82, 2.24) is 10.2 Å². The molecule has 0 amide bonds. The van der Waals surface area contributed by atoms with Crippen LogP contribution in [-0.4, -0.2) is 31.1 Å². The van der Waals surface area contributed by atoms with E-state index in [1.54, 1.807) is 0 Å². The number of nitrogens with zero attached hydrogens (tertiary/aromatic N) is 1. The van der Waals surface area contributed by atoms with Crippen LogP contribution < -0.4 is 5.32 Å². The van der Waals surface area contributed by atoms with Gasteiger partial charge in [0.25, 0.3) is 0 Å². The first-order valence-corrected chi connectivity index (χ1v) is 7.34. The van der Waals surface area contributed by atoms with Crippen molar-refractivity contribution in [2.45, 2.75) is 26.4 Å². The van der Waals surface area contributed by atoms with Gasteiger partial charge in [-0.3, -0.25) is 0 Å². The van der Waals surface area contributed by atoms with Crippen LogP contribution in [0.3, 0.4) is 0 Å². The SMILES string of the molecule is CCN(C)CC(C)NCc1ccc(I)c(Cl)c1. The third-order valence-electron chi connectivity index (χ3n) is 2.76. The molecule has 0 spiro atoms. The summed E-state index contributed by atoms with van der Waals surface area (Å²) >= 11 is 8.34. The summed E-state index contributed by atoms with van der Waals surface area (Å²) in [6.07, 6.45) is 0. The third-order valence-corrected chi connectivity index (χ3v) is 4.34. The summed E-state index contributed by atoms with van der Waals surface area (Å²) in [7, 11) is 2.14. The fraction of sp³-hybridized carbons (Fsp3) is 0.538. The van der Waals surface area contributed by atoms with E-state index >= 15 is 0 Å². The third kappa shape index (κ3) is 5.55. The van der Waals surface area contributed by atoms with Gasteiger partial charge >= 0.3 is 0 Å². The predicted molar refractivity (Wildman–Crippen MR) is 83.6 cm³/mol. The quantitative estimate of drug-likeness (QED) is 0.777. The van der Waals surface area contributed by atoms with E-state index in [1.165, 1.54) is 5.56 Å². The summed E-state index contributed by atoms with van der Waals surface area (Å²) < 4.78 is 1.10.